The fourth-order valence-electron chi connectivity index (χ4n) is 0. The maximum atomic E-state index is 9.76. The molecule has 0 aliphatic rings. The molecule has 0 N–H and O–H groups in total. The molecule has 0 saturated carbocycles. The van der Waals surface area contributed by atoms with Gasteiger partial charge in [0, 0.05) is 16.3 Å². The van der Waals surface area contributed by atoms with E-state index in [0.717, 1.165) is 16.3 Å². The lowest BCUT2D eigenvalue weighted by atomic mass is 10.9. The van der Waals surface area contributed by atoms with Crippen LogP contribution in [0.15, 0.2) is 0 Å². The molecular weight excluding hydrogens is 148 g/mol. The zero-order chi connectivity index (χ0) is 4.28. The Kier molecular flexibility index (Phi) is 2.79. The monoisotopic (exact) mass is 152 g/mol. The van der Waals surface area contributed by atoms with Crippen LogP contribution < -0.4 is 0 Å². The molecule has 0 amide bonds. The Balaban J connectivity index is 2.85. The molecule has 3 heteroatoms. The van der Waals surface area contributed by atoms with E-state index in [9.17, 15) is 4.79 Å². The van der Waals surface area contributed by atoms with E-state index in [2.05, 4.69) is 15.9 Å². The first-order chi connectivity index (χ1) is 2.27. The molecule has 0 bridgehead atoms. The van der Waals surface area contributed by atoms with Gasteiger partial charge in [-0.15, -0.1) is 0 Å². The summed E-state index contributed by atoms with van der Waals surface area (Å²) in [6, 6.07) is 0.722. The fraction of sp³-hybridized carbons (Fsp3) is 0.500. The first-order valence-electron chi connectivity index (χ1n) is 1.45. The van der Waals surface area contributed by atoms with Crippen molar-refractivity contribution >= 4 is 30.9 Å². The summed E-state index contributed by atoms with van der Waals surface area (Å²) >= 11 is 2.77. The van der Waals surface area contributed by atoms with Crippen molar-refractivity contribution in [2.24, 2.45) is 0 Å². The average molecular weight is 153 g/mol. The highest BCUT2D eigenvalue weighted by molar-refractivity contribution is 9.18. The maximum absolute atomic E-state index is 9.76. The second kappa shape index (κ2) is 2.60. The number of hydrogen-bond donors (Lipinski definition) is 0. The van der Waals surface area contributed by atoms with E-state index >= 15 is 0 Å². The maximum Gasteiger partial charge on any atom is 0.194 e. The van der Waals surface area contributed by atoms with Crippen molar-refractivity contribution in [3.63, 3.8) is 0 Å². The highest BCUT2D eigenvalue weighted by Crippen LogP contribution is 1.84. The van der Waals surface area contributed by atoms with Crippen LogP contribution in [0, 0.1) is 0 Å². The minimum atomic E-state index is 0.129. The molecular formula is C2H5BrOSi. The van der Waals surface area contributed by atoms with E-state index in [0.29, 0.717) is 0 Å². The van der Waals surface area contributed by atoms with E-state index in [1.807, 2.05) is 0 Å². The predicted octanol–water partition coefficient (Wildman–Crippen LogP) is -0.308. The van der Waals surface area contributed by atoms with Crippen LogP contribution in [-0.4, -0.2) is 14.9 Å². The smallest absolute Gasteiger partial charge is 0.194 e. The Morgan fingerprint density at radius 2 is 2.20 bits per heavy atom. The molecule has 0 unspecified atom stereocenters. The standard InChI is InChI=1S/C2H5BrOSi/c3-2(4)1-5/h1H2,5H3. The number of rotatable bonds is 1. The fourth-order valence-corrected chi connectivity index (χ4v) is 0. The van der Waals surface area contributed by atoms with Crippen molar-refractivity contribution in [2.75, 3.05) is 0 Å². The van der Waals surface area contributed by atoms with Crippen molar-refractivity contribution < 1.29 is 4.79 Å². The van der Waals surface area contributed by atoms with Crippen LogP contribution >= 0.6 is 15.9 Å². The van der Waals surface area contributed by atoms with Gasteiger partial charge in [-0.25, -0.2) is 0 Å². The van der Waals surface area contributed by atoms with Crippen molar-refractivity contribution in [3.05, 3.63) is 0 Å². The lowest BCUT2D eigenvalue weighted by molar-refractivity contribution is -0.108. The van der Waals surface area contributed by atoms with Crippen LogP contribution in [0.5, 0.6) is 0 Å². The average Bonchev–Trinajstić information content (AvgIpc) is 1.38. The summed E-state index contributed by atoms with van der Waals surface area (Å²) in [7, 11) is 0.977. The van der Waals surface area contributed by atoms with E-state index < -0.39 is 0 Å². The molecule has 0 aromatic heterocycles. The van der Waals surface area contributed by atoms with Gasteiger partial charge in [-0.1, -0.05) is 0 Å². The van der Waals surface area contributed by atoms with E-state index in [1.165, 1.54) is 0 Å². The minimum Gasteiger partial charge on any atom is -0.287 e. The van der Waals surface area contributed by atoms with Gasteiger partial charge in [0.25, 0.3) is 0 Å². The summed E-state index contributed by atoms with van der Waals surface area (Å²) in [5, 5.41) is 0. The summed E-state index contributed by atoms with van der Waals surface area (Å²) in [5.41, 5.74) is 0. The summed E-state index contributed by atoms with van der Waals surface area (Å²) in [6.45, 7) is 0. The van der Waals surface area contributed by atoms with Crippen molar-refractivity contribution in [2.45, 2.75) is 6.04 Å². The van der Waals surface area contributed by atoms with Crippen LogP contribution in [0.4, 0.5) is 0 Å². The molecule has 0 radical (unpaired) electrons. The third-order valence-electron chi connectivity index (χ3n) is 0.278. The van der Waals surface area contributed by atoms with E-state index in [4.69, 9.17) is 0 Å². The summed E-state index contributed by atoms with van der Waals surface area (Å²) in [4.78, 5) is 9.76. The van der Waals surface area contributed by atoms with E-state index in [1.54, 1.807) is 0 Å². The molecule has 5 heavy (non-hydrogen) atoms. The highest BCUT2D eigenvalue weighted by Gasteiger charge is 1.80. The Morgan fingerprint density at radius 3 is 2.20 bits per heavy atom. The van der Waals surface area contributed by atoms with Crippen LogP contribution in [0.2, 0.25) is 6.04 Å². The molecule has 0 rings (SSSR count). The van der Waals surface area contributed by atoms with Gasteiger partial charge in [0.15, 0.2) is 4.69 Å². The van der Waals surface area contributed by atoms with Gasteiger partial charge in [-0.2, -0.15) is 0 Å². The van der Waals surface area contributed by atoms with Crippen LogP contribution in [0.1, 0.15) is 0 Å². The molecule has 0 aliphatic carbocycles. The van der Waals surface area contributed by atoms with E-state index in [-0.39, 0.29) is 4.69 Å². The topological polar surface area (TPSA) is 17.1 Å². The van der Waals surface area contributed by atoms with Gasteiger partial charge in [0.05, 0.1) is 0 Å². The van der Waals surface area contributed by atoms with Crippen LogP contribution in [0.3, 0.4) is 0 Å². The molecule has 30 valence electrons. The number of hydrogen-bond acceptors (Lipinski definition) is 1. The van der Waals surface area contributed by atoms with Gasteiger partial charge in [-0.3, -0.25) is 4.79 Å². The van der Waals surface area contributed by atoms with Crippen molar-refractivity contribution in [1.82, 2.24) is 0 Å². The van der Waals surface area contributed by atoms with Crippen LogP contribution in [-0.2, 0) is 4.79 Å². The Bertz CT molecular complexity index is 44.9. The van der Waals surface area contributed by atoms with Crippen molar-refractivity contribution in [3.8, 4) is 0 Å². The molecule has 1 nitrogen and oxygen atoms in total. The zero-order valence-corrected chi connectivity index (χ0v) is 6.58. The van der Waals surface area contributed by atoms with Crippen LogP contribution in [0.25, 0.3) is 0 Å². The molecule has 0 aromatic rings. The SMILES string of the molecule is O=C(Br)C[SiH3]. The zero-order valence-electron chi connectivity index (χ0n) is 2.99. The second-order valence-electron chi connectivity index (χ2n) is 0.709. The summed E-state index contributed by atoms with van der Waals surface area (Å²) < 4.78 is 0.129. The molecule has 0 atom stereocenters. The lowest BCUT2D eigenvalue weighted by Gasteiger charge is -1.68. The third kappa shape index (κ3) is 4.37. The lowest BCUT2D eigenvalue weighted by Crippen LogP contribution is -1.76. The van der Waals surface area contributed by atoms with Gasteiger partial charge >= 0.3 is 0 Å². The Morgan fingerprint density at radius 1 is 2.00 bits per heavy atom. The molecule has 0 aliphatic heterocycles. The van der Waals surface area contributed by atoms with Gasteiger partial charge < -0.3 is 0 Å². The van der Waals surface area contributed by atoms with Gasteiger partial charge in [0.1, 0.15) is 0 Å². The van der Waals surface area contributed by atoms with Crippen molar-refractivity contribution in [1.29, 1.82) is 0 Å². The number of carbonyl (C=O) groups excluding carboxylic acids is 1. The summed E-state index contributed by atoms with van der Waals surface area (Å²) in [5.74, 6) is 0. The first-order valence-corrected chi connectivity index (χ1v) is 3.66. The number of halogens is 1. The largest absolute Gasteiger partial charge is 0.287 e. The molecule has 0 fully saturated rings. The Labute approximate surface area is 42.3 Å². The minimum absolute atomic E-state index is 0.129. The molecule has 0 saturated heterocycles. The predicted molar refractivity (Wildman–Crippen MR) is 28.7 cm³/mol. The number of carbonyl (C=O) groups is 1. The highest BCUT2D eigenvalue weighted by atomic mass is 79.9. The first kappa shape index (κ1) is 5.37. The third-order valence-corrected chi connectivity index (χ3v) is 2.52. The molecule has 0 spiro atoms. The van der Waals surface area contributed by atoms with Gasteiger partial charge in [0.2, 0.25) is 0 Å². The molecule has 0 aromatic carbocycles. The molecule has 0 heterocycles. The normalized spacial score (nSPS) is 8.20. The second-order valence-corrected chi connectivity index (χ2v) is 2.30. The Hall–Kier alpha value is 0.367. The quantitative estimate of drug-likeness (QED) is 0.373. The summed E-state index contributed by atoms with van der Waals surface area (Å²) in [6.07, 6.45) is 0. The van der Waals surface area contributed by atoms with Gasteiger partial charge in [-0.05, 0) is 15.9 Å².